The van der Waals surface area contributed by atoms with Gasteiger partial charge >= 0.3 is 0 Å². The number of nitrogens with one attached hydrogen (secondary N) is 1. The van der Waals surface area contributed by atoms with Crippen LogP contribution in [0.5, 0.6) is 5.75 Å². The van der Waals surface area contributed by atoms with Gasteiger partial charge in [0.05, 0.1) is 12.6 Å². The van der Waals surface area contributed by atoms with Crippen LogP contribution < -0.4 is 15.8 Å². The Labute approximate surface area is 211 Å². The molecular formula is C24H32FIN4O3. The van der Waals surface area contributed by atoms with Gasteiger partial charge in [-0.05, 0) is 55.7 Å². The van der Waals surface area contributed by atoms with Gasteiger partial charge in [-0.25, -0.2) is 4.39 Å². The number of carbonyl (C=O) groups excluding carboxylic acids is 1. The van der Waals surface area contributed by atoms with Crippen molar-refractivity contribution in [1.82, 2.24) is 10.2 Å². The zero-order chi connectivity index (χ0) is 22.9. The van der Waals surface area contributed by atoms with E-state index < -0.39 is 5.91 Å². The van der Waals surface area contributed by atoms with E-state index >= 15 is 0 Å². The summed E-state index contributed by atoms with van der Waals surface area (Å²) in [5.74, 6) is 0.699. The van der Waals surface area contributed by atoms with Gasteiger partial charge in [-0.1, -0.05) is 24.3 Å². The van der Waals surface area contributed by atoms with Crippen LogP contribution in [0.1, 0.15) is 31.1 Å². The Balaban J connectivity index is 0.00000385. The maximum atomic E-state index is 13.3. The van der Waals surface area contributed by atoms with Gasteiger partial charge in [-0.15, -0.1) is 24.0 Å². The standard InChI is InChI=1S/C24H31FN4O3.HI/c1-3-27-24(28-13-12-18-4-10-21(11-5-18)31-16-23(26)30)29-14-17(2)32-22(15-29)19-6-8-20(25)9-7-19;/h4-11,17,22H,3,12-16H2,1-2H3,(H2,26,30)(H,27,28);1H. The van der Waals surface area contributed by atoms with Crippen LogP contribution in [0, 0.1) is 5.82 Å². The molecule has 2 aromatic carbocycles. The van der Waals surface area contributed by atoms with Gasteiger partial charge < -0.3 is 25.4 Å². The molecule has 0 aliphatic carbocycles. The molecular weight excluding hydrogens is 538 g/mol. The van der Waals surface area contributed by atoms with Crippen molar-refractivity contribution in [1.29, 1.82) is 0 Å². The van der Waals surface area contributed by atoms with E-state index in [0.29, 0.717) is 18.8 Å². The first-order chi connectivity index (χ1) is 15.4. The number of benzene rings is 2. The van der Waals surface area contributed by atoms with E-state index in [1.165, 1.54) is 12.1 Å². The summed E-state index contributed by atoms with van der Waals surface area (Å²) in [5.41, 5.74) is 7.17. The van der Waals surface area contributed by atoms with Gasteiger partial charge in [-0.3, -0.25) is 9.79 Å². The summed E-state index contributed by atoms with van der Waals surface area (Å²) < 4.78 is 24.7. The zero-order valence-electron chi connectivity index (χ0n) is 19.0. The second-order valence-corrected chi connectivity index (χ2v) is 7.78. The van der Waals surface area contributed by atoms with Crippen LogP contribution >= 0.6 is 24.0 Å². The summed E-state index contributed by atoms with van der Waals surface area (Å²) >= 11 is 0. The first-order valence-corrected chi connectivity index (χ1v) is 10.9. The third-order valence-electron chi connectivity index (χ3n) is 5.10. The predicted molar refractivity (Wildman–Crippen MR) is 137 cm³/mol. The van der Waals surface area contributed by atoms with E-state index in [2.05, 4.69) is 10.2 Å². The maximum Gasteiger partial charge on any atom is 0.255 e. The topological polar surface area (TPSA) is 89.2 Å². The highest BCUT2D eigenvalue weighted by atomic mass is 127. The number of hydrogen-bond acceptors (Lipinski definition) is 4. The number of hydrogen-bond donors (Lipinski definition) is 2. The first kappa shape index (κ1) is 26.8. The van der Waals surface area contributed by atoms with Crippen molar-refractivity contribution in [2.24, 2.45) is 10.7 Å². The Kier molecular flexibility index (Phi) is 10.9. The minimum absolute atomic E-state index is 0. The van der Waals surface area contributed by atoms with Gasteiger partial charge in [0.15, 0.2) is 12.6 Å². The highest BCUT2D eigenvalue weighted by Gasteiger charge is 2.28. The van der Waals surface area contributed by atoms with E-state index in [1.54, 1.807) is 12.1 Å². The van der Waals surface area contributed by atoms with E-state index in [9.17, 15) is 9.18 Å². The molecule has 2 aromatic rings. The second kappa shape index (κ2) is 13.3. The average Bonchev–Trinajstić information content (AvgIpc) is 2.78. The van der Waals surface area contributed by atoms with Crippen LogP contribution in [0.2, 0.25) is 0 Å². The van der Waals surface area contributed by atoms with Crippen LogP contribution in [0.4, 0.5) is 4.39 Å². The van der Waals surface area contributed by atoms with Crippen LogP contribution in [0.25, 0.3) is 0 Å². The lowest BCUT2D eigenvalue weighted by Crippen LogP contribution is -2.50. The maximum absolute atomic E-state index is 13.3. The molecule has 1 heterocycles. The third kappa shape index (κ3) is 8.47. The number of primary amides is 1. The summed E-state index contributed by atoms with van der Waals surface area (Å²) in [6, 6.07) is 14.0. The molecule has 1 amide bonds. The van der Waals surface area contributed by atoms with Crippen LogP contribution in [0.15, 0.2) is 53.5 Å². The Hall–Kier alpha value is -2.40. The van der Waals surface area contributed by atoms with Crippen molar-refractivity contribution in [2.45, 2.75) is 32.5 Å². The number of rotatable bonds is 8. The molecule has 3 rings (SSSR count). The number of amides is 1. The number of nitrogens with two attached hydrogens (primary N) is 1. The molecule has 0 spiro atoms. The summed E-state index contributed by atoms with van der Waals surface area (Å²) in [6.45, 7) is 6.71. The molecule has 0 saturated carbocycles. The molecule has 0 radical (unpaired) electrons. The summed E-state index contributed by atoms with van der Waals surface area (Å²) in [7, 11) is 0. The molecule has 2 atom stereocenters. The van der Waals surface area contributed by atoms with E-state index in [1.807, 2.05) is 38.1 Å². The van der Waals surface area contributed by atoms with E-state index in [4.69, 9.17) is 20.2 Å². The molecule has 3 N–H and O–H groups in total. The van der Waals surface area contributed by atoms with Crippen molar-refractivity contribution in [2.75, 3.05) is 32.8 Å². The molecule has 1 saturated heterocycles. The van der Waals surface area contributed by atoms with Crippen LogP contribution in [-0.4, -0.2) is 55.7 Å². The fraction of sp³-hybridized carbons (Fsp3) is 0.417. The number of carbonyl (C=O) groups is 1. The van der Waals surface area contributed by atoms with Crippen molar-refractivity contribution < 1.29 is 18.7 Å². The molecule has 2 unspecified atom stereocenters. The second-order valence-electron chi connectivity index (χ2n) is 7.78. The normalized spacial score (nSPS) is 18.4. The molecule has 9 heteroatoms. The molecule has 1 aliphatic rings. The molecule has 180 valence electrons. The lowest BCUT2D eigenvalue weighted by molar-refractivity contribution is -0.119. The molecule has 0 aromatic heterocycles. The van der Waals surface area contributed by atoms with Crippen molar-refractivity contribution >= 4 is 35.8 Å². The number of guanidine groups is 1. The molecule has 7 nitrogen and oxygen atoms in total. The monoisotopic (exact) mass is 570 g/mol. The quantitative estimate of drug-likeness (QED) is 0.289. The minimum Gasteiger partial charge on any atom is -0.484 e. The van der Waals surface area contributed by atoms with Gasteiger partial charge in [0, 0.05) is 19.6 Å². The molecule has 0 bridgehead atoms. The highest BCUT2D eigenvalue weighted by Crippen LogP contribution is 2.25. The average molecular weight is 570 g/mol. The third-order valence-corrected chi connectivity index (χ3v) is 5.10. The van der Waals surface area contributed by atoms with Gasteiger partial charge in [0.1, 0.15) is 17.7 Å². The van der Waals surface area contributed by atoms with Crippen molar-refractivity contribution in [3.05, 3.63) is 65.5 Å². The van der Waals surface area contributed by atoms with Gasteiger partial charge in [-0.2, -0.15) is 0 Å². The zero-order valence-corrected chi connectivity index (χ0v) is 21.3. The van der Waals surface area contributed by atoms with Gasteiger partial charge in [0.25, 0.3) is 5.91 Å². The fourth-order valence-corrected chi connectivity index (χ4v) is 3.61. The minimum atomic E-state index is -0.501. The van der Waals surface area contributed by atoms with Crippen LogP contribution in [-0.2, 0) is 16.0 Å². The number of morpholine rings is 1. The fourth-order valence-electron chi connectivity index (χ4n) is 3.61. The van der Waals surface area contributed by atoms with E-state index in [-0.39, 0.29) is 48.6 Å². The largest absolute Gasteiger partial charge is 0.484 e. The number of halogens is 2. The SMILES string of the molecule is CCNC(=NCCc1ccc(OCC(N)=O)cc1)N1CC(C)OC(c2ccc(F)cc2)C1.I. The number of ether oxygens (including phenoxy) is 2. The lowest BCUT2D eigenvalue weighted by Gasteiger charge is -2.38. The molecule has 33 heavy (non-hydrogen) atoms. The smallest absolute Gasteiger partial charge is 0.255 e. The van der Waals surface area contributed by atoms with Crippen molar-refractivity contribution in [3.8, 4) is 5.75 Å². The predicted octanol–water partition coefficient (Wildman–Crippen LogP) is 3.28. The summed E-state index contributed by atoms with van der Waals surface area (Å²) in [4.78, 5) is 17.8. The molecule has 1 fully saturated rings. The Bertz CT molecular complexity index is 909. The number of nitrogens with zero attached hydrogens (tertiary/aromatic N) is 2. The molecule has 1 aliphatic heterocycles. The van der Waals surface area contributed by atoms with Crippen molar-refractivity contribution in [3.63, 3.8) is 0 Å². The first-order valence-electron chi connectivity index (χ1n) is 10.9. The summed E-state index contributed by atoms with van der Waals surface area (Å²) in [6.07, 6.45) is 0.651. The Morgan fingerprint density at radius 2 is 1.91 bits per heavy atom. The Morgan fingerprint density at radius 1 is 1.21 bits per heavy atom. The Morgan fingerprint density at radius 3 is 2.55 bits per heavy atom. The summed E-state index contributed by atoms with van der Waals surface area (Å²) in [5, 5.41) is 3.37. The highest BCUT2D eigenvalue weighted by molar-refractivity contribution is 14.0. The van der Waals surface area contributed by atoms with Crippen LogP contribution in [0.3, 0.4) is 0 Å². The van der Waals surface area contributed by atoms with E-state index in [0.717, 1.165) is 36.6 Å². The lowest BCUT2D eigenvalue weighted by atomic mass is 10.1. The van der Waals surface area contributed by atoms with Gasteiger partial charge in [0.2, 0.25) is 0 Å². The number of aliphatic imine (C=N–C) groups is 1.